The molecular formula is C17H23FN4O2S. The second-order valence-electron chi connectivity index (χ2n) is 6.32. The van der Waals surface area contributed by atoms with Crippen molar-refractivity contribution in [3.8, 4) is 5.69 Å². The molecule has 0 unspecified atom stereocenters. The Labute approximate surface area is 147 Å². The summed E-state index contributed by atoms with van der Waals surface area (Å²) >= 11 is 0. The topological polar surface area (TPSA) is 67.2 Å². The van der Waals surface area contributed by atoms with Gasteiger partial charge in [0.1, 0.15) is 5.82 Å². The maximum absolute atomic E-state index is 13.1. The van der Waals surface area contributed by atoms with Gasteiger partial charge in [-0.05, 0) is 51.0 Å². The van der Waals surface area contributed by atoms with E-state index >= 15 is 0 Å². The van der Waals surface area contributed by atoms with Crippen LogP contribution >= 0.6 is 0 Å². The third-order valence-corrected chi connectivity index (χ3v) is 6.15. The van der Waals surface area contributed by atoms with E-state index in [1.165, 1.54) is 16.4 Å². The van der Waals surface area contributed by atoms with E-state index in [1.54, 1.807) is 16.8 Å². The van der Waals surface area contributed by atoms with Gasteiger partial charge in [0.25, 0.3) is 10.2 Å². The molecule has 1 aliphatic rings. The van der Waals surface area contributed by atoms with Gasteiger partial charge in [-0.2, -0.15) is 22.5 Å². The van der Waals surface area contributed by atoms with E-state index in [9.17, 15) is 12.8 Å². The Morgan fingerprint density at radius 3 is 2.40 bits per heavy atom. The van der Waals surface area contributed by atoms with Crippen LogP contribution in [-0.4, -0.2) is 35.6 Å². The van der Waals surface area contributed by atoms with Crippen molar-refractivity contribution >= 4 is 10.2 Å². The molecule has 1 saturated heterocycles. The second kappa shape index (κ2) is 7.23. The minimum absolute atomic E-state index is 0.192. The zero-order valence-corrected chi connectivity index (χ0v) is 15.3. The van der Waals surface area contributed by atoms with Gasteiger partial charge in [-0.1, -0.05) is 6.42 Å². The summed E-state index contributed by atoms with van der Waals surface area (Å²) in [6, 6.07) is 6.06. The lowest BCUT2D eigenvalue weighted by Crippen LogP contribution is -2.43. The molecule has 3 rings (SSSR count). The smallest absolute Gasteiger partial charge is 0.238 e. The van der Waals surface area contributed by atoms with Gasteiger partial charge in [-0.3, -0.25) is 0 Å². The maximum Gasteiger partial charge on any atom is 0.279 e. The van der Waals surface area contributed by atoms with Crippen molar-refractivity contribution < 1.29 is 12.8 Å². The molecule has 0 radical (unpaired) electrons. The standard InChI is InChI=1S/C17H23FN4O2S/c1-13-17(12-19-25(23,24)21-10-4-3-5-11-21)14(2)22(20-13)16-8-6-15(18)7-9-16/h6-9,19H,3-5,10-12H2,1-2H3. The Kier molecular flexibility index (Phi) is 5.21. The zero-order valence-electron chi connectivity index (χ0n) is 14.5. The minimum Gasteiger partial charge on any atom is -0.238 e. The fourth-order valence-corrected chi connectivity index (χ4v) is 4.37. The average molecular weight is 366 g/mol. The van der Waals surface area contributed by atoms with E-state index < -0.39 is 10.2 Å². The molecule has 2 heterocycles. The number of hydrogen-bond acceptors (Lipinski definition) is 3. The number of piperidine rings is 1. The predicted molar refractivity (Wildman–Crippen MR) is 94.2 cm³/mol. The summed E-state index contributed by atoms with van der Waals surface area (Å²) in [5, 5.41) is 4.47. The number of aryl methyl sites for hydroxylation is 1. The first-order chi connectivity index (χ1) is 11.9. The summed E-state index contributed by atoms with van der Waals surface area (Å²) in [7, 11) is -3.48. The van der Waals surface area contributed by atoms with Crippen LogP contribution < -0.4 is 4.72 Å². The van der Waals surface area contributed by atoms with Gasteiger partial charge in [-0.15, -0.1) is 0 Å². The Bertz CT molecular complexity index is 840. The van der Waals surface area contributed by atoms with Gasteiger partial charge in [0, 0.05) is 30.9 Å². The molecule has 6 nitrogen and oxygen atoms in total. The van der Waals surface area contributed by atoms with Crippen molar-refractivity contribution in [3.63, 3.8) is 0 Å². The van der Waals surface area contributed by atoms with E-state index in [0.29, 0.717) is 13.1 Å². The van der Waals surface area contributed by atoms with Gasteiger partial charge < -0.3 is 0 Å². The second-order valence-corrected chi connectivity index (χ2v) is 8.08. The molecule has 0 spiro atoms. The molecule has 0 atom stereocenters. The summed E-state index contributed by atoms with van der Waals surface area (Å²) in [6.45, 7) is 5.06. The molecule has 25 heavy (non-hydrogen) atoms. The number of hydrogen-bond donors (Lipinski definition) is 1. The quantitative estimate of drug-likeness (QED) is 0.884. The molecule has 0 saturated carbocycles. The summed E-state index contributed by atoms with van der Waals surface area (Å²) in [5.74, 6) is -0.306. The van der Waals surface area contributed by atoms with Crippen molar-refractivity contribution in [2.24, 2.45) is 0 Å². The van der Waals surface area contributed by atoms with Gasteiger partial charge in [-0.25, -0.2) is 9.07 Å². The van der Waals surface area contributed by atoms with Gasteiger partial charge >= 0.3 is 0 Å². The van der Waals surface area contributed by atoms with Gasteiger partial charge in [0.05, 0.1) is 11.4 Å². The molecule has 1 aliphatic heterocycles. The van der Waals surface area contributed by atoms with Gasteiger partial charge in [0.2, 0.25) is 0 Å². The highest BCUT2D eigenvalue weighted by Gasteiger charge is 2.24. The molecule has 8 heteroatoms. The molecule has 1 N–H and O–H groups in total. The fraction of sp³-hybridized carbons (Fsp3) is 0.471. The number of nitrogens with zero attached hydrogens (tertiary/aromatic N) is 3. The Morgan fingerprint density at radius 2 is 1.76 bits per heavy atom. The van der Waals surface area contributed by atoms with Gasteiger partial charge in [0.15, 0.2) is 0 Å². The van der Waals surface area contributed by atoms with E-state index in [0.717, 1.165) is 41.9 Å². The Morgan fingerprint density at radius 1 is 1.12 bits per heavy atom. The normalized spacial score (nSPS) is 16.3. The molecule has 136 valence electrons. The first-order valence-corrected chi connectivity index (χ1v) is 9.88. The van der Waals surface area contributed by atoms with Crippen LogP contribution in [-0.2, 0) is 16.8 Å². The monoisotopic (exact) mass is 366 g/mol. The molecule has 0 amide bonds. The van der Waals surface area contributed by atoms with Crippen LogP contribution in [0.4, 0.5) is 4.39 Å². The fourth-order valence-electron chi connectivity index (χ4n) is 3.12. The molecule has 0 bridgehead atoms. The van der Waals surface area contributed by atoms with Crippen molar-refractivity contribution in [2.75, 3.05) is 13.1 Å². The summed E-state index contributed by atoms with van der Waals surface area (Å²) in [6.07, 6.45) is 2.89. The Balaban J connectivity index is 1.78. The third kappa shape index (κ3) is 3.91. The van der Waals surface area contributed by atoms with Crippen LogP contribution in [0.25, 0.3) is 5.69 Å². The Hall–Kier alpha value is -1.77. The minimum atomic E-state index is -3.48. The summed E-state index contributed by atoms with van der Waals surface area (Å²) in [5.41, 5.74) is 3.17. The van der Waals surface area contributed by atoms with Crippen molar-refractivity contribution in [1.29, 1.82) is 0 Å². The largest absolute Gasteiger partial charge is 0.279 e. The number of benzene rings is 1. The van der Waals surface area contributed by atoms with Crippen LogP contribution in [0.3, 0.4) is 0 Å². The van der Waals surface area contributed by atoms with Crippen LogP contribution in [0.2, 0.25) is 0 Å². The summed E-state index contributed by atoms with van der Waals surface area (Å²) < 4.78 is 43.9. The number of halogens is 1. The van der Waals surface area contributed by atoms with E-state index in [1.807, 2.05) is 13.8 Å². The van der Waals surface area contributed by atoms with Crippen LogP contribution in [0.5, 0.6) is 0 Å². The zero-order chi connectivity index (χ0) is 18.0. The average Bonchev–Trinajstić information content (AvgIpc) is 2.89. The first kappa shape index (κ1) is 18.0. The molecule has 1 fully saturated rings. The highest BCUT2D eigenvalue weighted by molar-refractivity contribution is 7.87. The maximum atomic E-state index is 13.1. The number of aromatic nitrogens is 2. The molecule has 1 aromatic heterocycles. The van der Waals surface area contributed by atoms with E-state index in [4.69, 9.17) is 0 Å². The molecule has 2 aromatic rings. The lowest BCUT2D eigenvalue weighted by Gasteiger charge is -2.25. The SMILES string of the molecule is Cc1nn(-c2ccc(F)cc2)c(C)c1CNS(=O)(=O)N1CCCCC1. The molecular weight excluding hydrogens is 343 g/mol. The van der Waals surface area contributed by atoms with Crippen molar-refractivity contribution in [3.05, 3.63) is 47.0 Å². The number of nitrogens with one attached hydrogen (secondary N) is 1. The van der Waals surface area contributed by atoms with Crippen LogP contribution in [0.15, 0.2) is 24.3 Å². The van der Waals surface area contributed by atoms with E-state index in [-0.39, 0.29) is 12.4 Å². The van der Waals surface area contributed by atoms with Crippen molar-refractivity contribution in [2.45, 2.75) is 39.7 Å². The lowest BCUT2D eigenvalue weighted by atomic mass is 10.2. The third-order valence-electron chi connectivity index (χ3n) is 4.60. The molecule has 1 aromatic carbocycles. The van der Waals surface area contributed by atoms with Crippen molar-refractivity contribution in [1.82, 2.24) is 18.8 Å². The predicted octanol–water partition coefficient (Wildman–Crippen LogP) is 2.45. The van der Waals surface area contributed by atoms with Crippen LogP contribution in [0.1, 0.15) is 36.2 Å². The highest BCUT2D eigenvalue weighted by atomic mass is 32.2. The lowest BCUT2D eigenvalue weighted by molar-refractivity contribution is 0.341. The van der Waals surface area contributed by atoms with Crippen LogP contribution in [0, 0.1) is 19.7 Å². The first-order valence-electron chi connectivity index (χ1n) is 8.44. The molecule has 0 aliphatic carbocycles. The van der Waals surface area contributed by atoms with E-state index in [2.05, 4.69) is 9.82 Å². The highest BCUT2D eigenvalue weighted by Crippen LogP contribution is 2.19. The summed E-state index contributed by atoms with van der Waals surface area (Å²) in [4.78, 5) is 0. The number of rotatable bonds is 5.